The van der Waals surface area contributed by atoms with Gasteiger partial charge >= 0.3 is 0 Å². The van der Waals surface area contributed by atoms with Gasteiger partial charge in [0.15, 0.2) is 0 Å². The quantitative estimate of drug-likeness (QED) is 0.502. The number of para-hydroxylation sites is 2. The smallest absolute Gasteiger partial charge is 0.265 e. The molecule has 0 heterocycles. The second-order valence-electron chi connectivity index (χ2n) is 8.02. The Bertz CT molecular complexity index is 1140. The molecule has 0 aliphatic heterocycles. The molecule has 3 rings (SSSR count). The number of nitrogens with two attached hydrogens (primary N) is 1. The fourth-order valence-electron chi connectivity index (χ4n) is 3.09. The third-order valence-corrected chi connectivity index (χ3v) is 4.82. The first-order chi connectivity index (χ1) is 14.2. The Labute approximate surface area is 176 Å². The van der Waals surface area contributed by atoms with Gasteiger partial charge in [-0.05, 0) is 53.4 Å². The molecule has 2 N–H and O–H groups in total. The van der Waals surface area contributed by atoms with Crippen molar-refractivity contribution in [1.29, 1.82) is 5.26 Å². The molecule has 0 atom stereocenters. The molecular formula is C25H23N3O2. The van der Waals surface area contributed by atoms with E-state index in [0.717, 1.165) is 10.5 Å². The molecule has 0 bridgehead atoms. The molecule has 0 aliphatic carbocycles. The number of carbonyl (C=O) groups excluding carboxylic acids is 2. The fraction of sp³-hybridized carbons (Fsp3) is 0.160. The van der Waals surface area contributed by atoms with E-state index in [9.17, 15) is 9.59 Å². The topological polar surface area (TPSA) is 87.2 Å². The van der Waals surface area contributed by atoms with Crippen molar-refractivity contribution in [2.45, 2.75) is 26.2 Å². The van der Waals surface area contributed by atoms with Gasteiger partial charge < -0.3 is 5.73 Å². The average Bonchev–Trinajstić information content (AvgIpc) is 2.74. The van der Waals surface area contributed by atoms with Crippen LogP contribution in [-0.4, -0.2) is 11.8 Å². The number of imide groups is 1. The second-order valence-corrected chi connectivity index (χ2v) is 8.02. The average molecular weight is 397 g/mol. The standard InChI is InChI=1S/C25H23N3O2/c1-25(2,3)20-13-11-18(12-14-20)23(29)28(22-10-5-4-9-21(22)27)24(30)19-8-6-7-17(15-19)16-26/h4-15H,27H2,1-3H3. The Morgan fingerprint density at radius 2 is 1.50 bits per heavy atom. The highest BCUT2D eigenvalue weighted by Gasteiger charge is 2.28. The zero-order chi connectivity index (χ0) is 21.9. The molecule has 0 unspecified atom stereocenters. The molecule has 0 fully saturated rings. The van der Waals surface area contributed by atoms with Gasteiger partial charge in [0.25, 0.3) is 11.8 Å². The van der Waals surface area contributed by atoms with E-state index in [1.54, 1.807) is 54.6 Å². The molecule has 0 spiro atoms. The lowest BCUT2D eigenvalue weighted by molar-refractivity contribution is 0.0897. The number of hydrogen-bond donors (Lipinski definition) is 1. The van der Waals surface area contributed by atoms with Crippen LogP contribution in [0.25, 0.3) is 0 Å². The molecule has 0 saturated carbocycles. The van der Waals surface area contributed by atoms with E-state index >= 15 is 0 Å². The van der Waals surface area contributed by atoms with Gasteiger partial charge in [-0.2, -0.15) is 5.26 Å². The van der Waals surface area contributed by atoms with Crippen LogP contribution < -0.4 is 10.6 Å². The van der Waals surface area contributed by atoms with Gasteiger partial charge in [-0.1, -0.05) is 51.1 Å². The van der Waals surface area contributed by atoms with Crippen LogP contribution in [0, 0.1) is 11.3 Å². The van der Waals surface area contributed by atoms with Gasteiger partial charge in [-0.15, -0.1) is 0 Å². The van der Waals surface area contributed by atoms with Gasteiger partial charge in [-0.3, -0.25) is 9.59 Å². The predicted octanol–water partition coefficient (Wildman–Crippen LogP) is 4.93. The van der Waals surface area contributed by atoms with E-state index in [2.05, 4.69) is 20.8 Å². The number of amides is 2. The van der Waals surface area contributed by atoms with Gasteiger partial charge in [0, 0.05) is 11.1 Å². The van der Waals surface area contributed by atoms with Crippen molar-refractivity contribution >= 4 is 23.2 Å². The van der Waals surface area contributed by atoms with Gasteiger partial charge in [0.2, 0.25) is 0 Å². The zero-order valence-electron chi connectivity index (χ0n) is 17.2. The summed E-state index contributed by atoms with van der Waals surface area (Å²) in [4.78, 5) is 27.8. The summed E-state index contributed by atoms with van der Waals surface area (Å²) in [5, 5.41) is 9.16. The molecule has 5 heteroatoms. The van der Waals surface area contributed by atoms with Crippen LogP contribution in [0.1, 0.15) is 52.6 Å². The zero-order valence-corrected chi connectivity index (χ0v) is 17.2. The Morgan fingerprint density at radius 1 is 0.867 bits per heavy atom. The molecule has 0 aromatic heterocycles. The number of nitrogen functional groups attached to an aromatic ring is 1. The van der Waals surface area contributed by atoms with E-state index < -0.39 is 11.8 Å². The minimum Gasteiger partial charge on any atom is -0.397 e. The molecular weight excluding hydrogens is 374 g/mol. The summed E-state index contributed by atoms with van der Waals surface area (Å²) in [6, 6.07) is 22.2. The summed E-state index contributed by atoms with van der Waals surface area (Å²) in [5.74, 6) is -1.03. The van der Waals surface area contributed by atoms with E-state index in [4.69, 9.17) is 11.0 Å². The Hall–Kier alpha value is -3.91. The third-order valence-electron chi connectivity index (χ3n) is 4.82. The van der Waals surface area contributed by atoms with Crippen LogP contribution in [0.2, 0.25) is 0 Å². The molecule has 2 amide bonds. The molecule has 150 valence electrons. The lowest BCUT2D eigenvalue weighted by Gasteiger charge is -2.24. The first-order valence-corrected chi connectivity index (χ1v) is 9.56. The fourth-order valence-corrected chi connectivity index (χ4v) is 3.09. The molecule has 3 aromatic carbocycles. The first kappa shape index (κ1) is 20.8. The minimum absolute atomic E-state index is 0.0569. The highest BCUT2D eigenvalue weighted by molar-refractivity contribution is 6.26. The predicted molar refractivity (Wildman–Crippen MR) is 118 cm³/mol. The van der Waals surface area contributed by atoms with E-state index in [-0.39, 0.29) is 11.0 Å². The summed E-state index contributed by atoms with van der Waals surface area (Å²) < 4.78 is 0. The number of anilines is 2. The van der Waals surface area contributed by atoms with Crippen LogP contribution in [-0.2, 0) is 5.41 Å². The number of nitrogens with zero attached hydrogens (tertiary/aromatic N) is 2. The number of rotatable bonds is 3. The Morgan fingerprint density at radius 3 is 2.10 bits per heavy atom. The minimum atomic E-state index is -0.546. The number of benzene rings is 3. The van der Waals surface area contributed by atoms with Crippen LogP contribution in [0.3, 0.4) is 0 Å². The van der Waals surface area contributed by atoms with Crippen molar-refractivity contribution in [2.75, 3.05) is 10.6 Å². The van der Waals surface area contributed by atoms with Crippen molar-refractivity contribution < 1.29 is 9.59 Å². The van der Waals surface area contributed by atoms with Crippen LogP contribution in [0.4, 0.5) is 11.4 Å². The van der Waals surface area contributed by atoms with E-state index in [0.29, 0.717) is 22.5 Å². The van der Waals surface area contributed by atoms with Crippen molar-refractivity contribution in [2.24, 2.45) is 0 Å². The van der Waals surface area contributed by atoms with Crippen molar-refractivity contribution in [3.63, 3.8) is 0 Å². The lowest BCUT2D eigenvalue weighted by atomic mass is 9.86. The largest absolute Gasteiger partial charge is 0.397 e. The molecule has 3 aromatic rings. The Kier molecular flexibility index (Phi) is 5.70. The number of hydrogen-bond acceptors (Lipinski definition) is 4. The second kappa shape index (κ2) is 8.22. The molecule has 30 heavy (non-hydrogen) atoms. The monoisotopic (exact) mass is 397 g/mol. The summed E-state index contributed by atoms with van der Waals surface area (Å²) in [7, 11) is 0. The maximum atomic E-state index is 13.4. The molecule has 0 radical (unpaired) electrons. The number of carbonyl (C=O) groups is 2. The Balaban J connectivity index is 2.08. The van der Waals surface area contributed by atoms with Crippen molar-refractivity contribution in [3.05, 3.63) is 95.1 Å². The first-order valence-electron chi connectivity index (χ1n) is 9.56. The summed E-state index contributed by atoms with van der Waals surface area (Å²) in [5.41, 5.74) is 8.67. The van der Waals surface area contributed by atoms with Crippen molar-refractivity contribution in [3.8, 4) is 6.07 Å². The van der Waals surface area contributed by atoms with Gasteiger partial charge in [-0.25, -0.2) is 4.90 Å². The van der Waals surface area contributed by atoms with Gasteiger partial charge in [0.1, 0.15) is 0 Å². The third kappa shape index (κ3) is 4.23. The van der Waals surface area contributed by atoms with Crippen molar-refractivity contribution in [1.82, 2.24) is 0 Å². The highest BCUT2D eigenvalue weighted by Crippen LogP contribution is 2.28. The highest BCUT2D eigenvalue weighted by atomic mass is 16.2. The summed E-state index contributed by atoms with van der Waals surface area (Å²) in [6.07, 6.45) is 0. The molecule has 0 saturated heterocycles. The normalized spacial score (nSPS) is 10.9. The van der Waals surface area contributed by atoms with Gasteiger partial charge in [0.05, 0.1) is 23.0 Å². The van der Waals surface area contributed by atoms with E-state index in [1.165, 1.54) is 6.07 Å². The van der Waals surface area contributed by atoms with Crippen LogP contribution in [0.15, 0.2) is 72.8 Å². The maximum absolute atomic E-state index is 13.4. The summed E-state index contributed by atoms with van der Waals surface area (Å²) >= 11 is 0. The van der Waals surface area contributed by atoms with Crippen LogP contribution in [0.5, 0.6) is 0 Å². The molecule has 5 nitrogen and oxygen atoms in total. The molecule has 0 aliphatic rings. The van der Waals surface area contributed by atoms with Crippen LogP contribution >= 0.6 is 0 Å². The maximum Gasteiger partial charge on any atom is 0.265 e. The number of nitriles is 1. The summed E-state index contributed by atoms with van der Waals surface area (Å²) in [6.45, 7) is 6.27. The van der Waals surface area contributed by atoms with E-state index in [1.807, 2.05) is 18.2 Å². The SMILES string of the molecule is CC(C)(C)c1ccc(C(=O)N(C(=O)c2cccc(C#N)c2)c2ccccc2N)cc1. The lowest BCUT2D eigenvalue weighted by Crippen LogP contribution is -2.37.